The summed E-state index contributed by atoms with van der Waals surface area (Å²) in [6.45, 7) is 6.91. The smallest absolute Gasteiger partial charge is 0.157 e. The molecule has 0 radical (unpaired) electrons. The van der Waals surface area contributed by atoms with Gasteiger partial charge in [0.15, 0.2) is 5.60 Å². The number of methoxy groups -OCH3 is 1. The van der Waals surface area contributed by atoms with Crippen LogP contribution in [0.3, 0.4) is 0 Å². The molecule has 0 amide bonds. The largest absolute Gasteiger partial charge is 0.496 e. The fourth-order valence-corrected chi connectivity index (χ4v) is 3.39. The van der Waals surface area contributed by atoms with E-state index in [0.717, 1.165) is 11.1 Å². The van der Waals surface area contributed by atoms with Crippen molar-refractivity contribution in [1.82, 2.24) is 9.88 Å². The van der Waals surface area contributed by atoms with Crippen LogP contribution in [0.5, 0.6) is 5.75 Å². The highest BCUT2D eigenvalue weighted by Crippen LogP contribution is 2.39. The zero-order valence-corrected chi connectivity index (χ0v) is 15.6. The molecular formula is C18H26N2O2S. The van der Waals surface area contributed by atoms with Crippen LogP contribution in [-0.2, 0) is 11.0 Å². The van der Waals surface area contributed by atoms with Crippen LogP contribution in [0, 0.1) is 0 Å². The number of ether oxygens (including phenoxy) is 1. The van der Waals surface area contributed by atoms with Crippen LogP contribution < -0.4 is 4.74 Å². The number of rotatable bonds is 5. The summed E-state index contributed by atoms with van der Waals surface area (Å²) in [7, 11) is 5.52. The van der Waals surface area contributed by atoms with E-state index in [1.807, 2.05) is 36.5 Å². The molecule has 0 bridgehead atoms. The van der Waals surface area contributed by atoms with Gasteiger partial charge in [0.2, 0.25) is 0 Å². The molecule has 2 aromatic rings. The molecule has 0 aliphatic carbocycles. The molecule has 0 spiro atoms. The average molecular weight is 334 g/mol. The summed E-state index contributed by atoms with van der Waals surface area (Å²) >= 11 is 1.46. The molecule has 1 atom stereocenters. The molecule has 1 unspecified atom stereocenters. The Hall–Kier alpha value is -1.43. The first-order valence-corrected chi connectivity index (χ1v) is 8.52. The van der Waals surface area contributed by atoms with Crippen LogP contribution in [0.15, 0.2) is 29.8 Å². The second-order valence-electron chi connectivity index (χ2n) is 7.10. The number of hydrogen-bond donors (Lipinski definition) is 1. The van der Waals surface area contributed by atoms with Gasteiger partial charge in [-0.3, -0.25) is 0 Å². The third kappa shape index (κ3) is 3.74. The van der Waals surface area contributed by atoms with Gasteiger partial charge in [-0.2, -0.15) is 0 Å². The fraction of sp³-hybridized carbons (Fsp3) is 0.500. The molecule has 1 heterocycles. The van der Waals surface area contributed by atoms with E-state index >= 15 is 0 Å². The van der Waals surface area contributed by atoms with Crippen LogP contribution in [-0.4, -0.2) is 42.7 Å². The summed E-state index contributed by atoms with van der Waals surface area (Å²) in [6.07, 6.45) is 1.72. The summed E-state index contributed by atoms with van der Waals surface area (Å²) in [6, 6.07) is 6.04. The minimum Gasteiger partial charge on any atom is -0.496 e. The van der Waals surface area contributed by atoms with Gasteiger partial charge in [0, 0.05) is 23.7 Å². The molecule has 1 aromatic heterocycles. The molecule has 1 aromatic carbocycles. The van der Waals surface area contributed by atoms with Gasteiger partial charge in [-0.1, -0.05) is 26.8 Å². The Kier molecular flexibility index (Phi) is 5.14. The molecule has 126 valence electrons. The second-order valence-corrected chi connectivity index (χ2v) is 7.99. The number of aliphatic hydroxyl groups is 1. The predicted molar refractivity (Wildman–Crippen MR) is 95.4 cm³/mol. The van der Waals surface area contributed by atoms with Gasteiger partial charge in [-0.25, -0.2) is 4.98 Å². The van der Waals surface area contributed by atoms with Gasteiger partial charge in [0.25, 0.3) is 0 Å². The quantitative estimate of drug-likeness (QED) is 0.912. The van der Waals surface area contributed by atoms with Crippen molar-refractivity contribution in [1.29, 1.82) is 0 Å². The maximum Gasteiger partial charge on any atom is 0.157 e. The molecule has 2 rings (SSSR count). The Balaban J connectivity index is 2.66. The molecule has 0 aliphatic heterocycles. The van der Waals surface area contributed by atoms with Gasteiger partial charge in [0.1, 0.15) is 10.8 Å². The van der Waals surface area contributed by atoms with Crippen LogP contribution in [0.2, 0.25) is 0 Å². The first-order valence-electron chi connectivity index (χ1n) is 7.64. The van der Waals surface area contributed by atoms with Crippen molar-refractivity contribution in [3.63, 3.8) is 0 Å². The van der Waals surface area contributed by atoms with E-state index < -0.39 is 5.60 Å². The number of hydrogen-bond acceptors (Lipinski definition) is 5. The average Bonchev–Trinajstić information content (AvgIpc) is 2.99. The third-order valence-electron chi connectivity index (χ3n) is 3.84. The molecular weight excluding hydrogens is 308 g/mol. The van der Waals surface area contributed by atoms with E-state index in [1.54, 1.807) is 13.3 Å². The molecule has 0 aliphatic rings. The highest BCUT2D eigenvalue weighted by atomic mass is 32.1. The van der Waals surface area contributed by atoms with E-state index in [1.165, 1.54) is 11.3 Å². The number of aromatic nitrogens is 1. The Morgan fingerprint density at radius 2 is 1.96 bits per heavy atom. The molecule has 1 N–H and O–H groups in total. The second kappa shape index (κ2) is 6.59. The first-order chi connectivity index (χ1) is 10.7. The topological polar surface area (TPSA) is 45.6 Å². The van der Waals surface area contributed by atoms with Crippen molar-refractivity contribution in [3.8, 4) is 5.75 Å². The van der Waals surface area contributed by atoms with Crippen molar-refractivity contribution in [3.05, 3.63) is 45.9 Å². The summed E-state index contributed by atoms with van der Waals surface area (Å²) in [5.41, 5.74) is 0.700. The van der Waals surface area contributed by atoms with E-state index in [2.05, 4.69) is 31.8 Å². The lowest BCUT2D eigenvalue weighted by Crippen LogP contribution is -2.39. The van der Waals surface area contributed by atoms with Crippen LogP contribution in [0.4, 0.5) is 0 Å². The lowest BCUT2D eigenvalue weighted by Gasteiger charge is -2.32. The summed E-state index contributed by atoms with van der Waals surface area (Å²) in [5.74, 6) is 0.678. The molecule has 4 nitrogen and oxygen atoms in total. The minimum absolute atomic E-state index is 0.0110. The number of thiazole rings is 1. The minimum atomic E-state index is -1.20. The predicted octanol–water partition coefficient (Wildman–Crippen LogP) is 3.25. The highest BCUT2D eigenvalue weighted by Gasteiger charge is 2.38. The zero-order valence-electron chi connectivity index (χ0n) is 14.8. The normalized spacial score (nSPS) is 14.8. The van der Waals surface area contributed by atoms with Crippen molar-refractivity contribution < 1.29 is 9.84 Å². The van der Waals surface area contributed by atoms with Crippen molar-refractivity contribution >= 4 is 11.3 Å². The van der Waals surface area contributed by atoms with Gasteiger partial charge in [-0.15, -0.1) is 11.3 Å². The maximum absolute atomic E-state index is 11.5. The van der Waals surface area contributed by atoms with Gasteiger partial charge in [0.05, 0.1) is 7.11 Å². The Morgan fingerprint density at radius 3 is 2.43 bits per heavy atom. The van der Waals surface area contributed by atoms with Crippen molar-refractivity contribution in [2.24, 2.45) is 0 Å². The summed E-state index contributed by atoms with van der Waals surface area (Å²) in [4.78, 5) is 6.33. The monoisotopic (exact) mass is 334 g/mol. The highest BCUT2D eigenvalue weighted by molar-refractivity contribution is 7.09. The Bertz CT molecular complexity index is 648. The zero-order chi connectivity index (χ0) is 17.3. The lowest BCUT2D eigenvalue weighted by molar-refractivity contribution is 0.0486. The van der Waals surface area contributed by atoms with Crippen LogP contribution >= 0.6 is 11.3 Å². The molecule has 0 saturated carbocycles. The van der Waals surface area contributed by atoms with Crippen LogP contribution in [0.25, 0.3) is 0 Å². The summed E-state index contributed by atoms with van der Waals surface area (Å²) in [5, 5.41) is 14.1. The third-order valence-corrected chi connectivity index (χ3v) is 4.77. The van der Waals surface area contributed by atoms with E-state index in [0.29, 0.717) is 17.3 Å². The number of likely N-dealkylation sites (N-methyl/N-ethyl adjacent to an activating group) is 1. The SMILES string of the molecule is COc1ccc(C(C)(C)C)cc1C(O)(CN(C)C)c1nccs1. The molecule has 5 heteroatoms. The van der Waals surface area contributed by atoms with Crippen molar-refractivity contribution in [2.75, 3.05) is 27.7 Å². The standard InChI is InChI=1S/C18H26N2O2S/c1-17(2,3)13-7-8-15(22-6)14(11-13)18(21,12-20(4)5)16-19-9-10-23-16/h7-11,21H,12H2,1-6H3. The van der Waals surface area contributed by atoms with Crippen molar-refractivity contribution in [2.45, 2.75) is 31.8 Å². The molecule has 23 heavy (non-hydrogen) atoms. The Labute approximate surface area is 142 Å². The van der Waals surface area contributed by atoms with E-state index in [-0.39, 0.29) is 5.41 Å². The van der Waals surface area contributed by atoms with Crippen LogP contribution in [0.1, 0.15) is 36.9 Å². The van der Waals surface area contributed by atoms with E-state index in [4.69, 9.17) is 4.74 Å². The first kappa shape index (κ1) is 17.9. The van der Waals surface area contributed by atoms with Gasteiger partial charge >= 0.3 is 0 Å². The van der Waals surface area contributed by atoms with Gasteiger partial charge in [-0.05, 0) is 37.2 Å². The molecule has 0 saturated heterocycles. The molecule has 0 fully saturated rings. The summed E-state index contributed by atoms with van der Waals surface area (Å²) < 4.78 is 5.54. The van der Waals surface area contributed by atoms with Gasteiger partial charge < -0.3 is 14.7 Å². The lowest BCUT2D eigenvalue weighted by atomic mass is 9.83. The van der Waals surface area contributed by atoms with E-state index in [9.17, 15) is 5.11 Å². The maximum atomic E-state index is 11.5. The Morgan fingerprint density at radius 1 is 1.26 bits per heavy atom. The number of benzene rings is 1. The fourth-order valence-electron chi connectivity index (χ4n) is 2.65. The number of nitrogens with zero attached hydrogens (tertiary/aromatic N) is 2.